The third kappa shape index (κ3) is 5.22. The first-order valence-electron chi connectivity index (χ1n) is 8.49. The predicted octanol–water partition coefficient (Wildman–Crippen LogP) is 3.46. The van der Waals surface area contributed by atoms with E-state index in [9.17, 15) is 18.4 Å². The van der Waals surface area contributed by atoms with Crippen molar-refractivity contribution in [2.45, 2.75) is 26.8 Å². The molecule has 1 aliphatic heterocycles. The highest BCUT2D eigenvalue weighted by atomic mass is 35.5. The fraction of sp³-hybridized carbons (Fsp3) is 0.368. The first kappa shape index (κ1) is 21.7. The molecule has 0 atom stereocenters. The van der Waals surface area contributed by atoms with Crippen LogP contribution >= 0.6 is 11.6 Å². The zero-order valence-corrected chi connectivity index (χ0v) is 16.2. The summed E-state index contributed by atoms with van der Waals surface area (Å²) in [5.74, 6) is -0.803. The number of Topliss-reactive ketones (excluding diaryl/α,β-unsaturated/α-hetero) is 1. The van der Waals surface area contributed by atoms with E-state index >= 15 is 0 Å². The minimum absolute atomic E-state index is 0.0622. The minimum atomic E-state index is -2.64. The lowest BCUT2D eigenvalue weighted by molar-refractivity contribution is -0.125. The normalized spacial score (nSPS) is 14.7. The van der Waals surface area contributed by atoms with Crippen LogP contribution in [0.5, 0.6) is 5.88 Å². The number of hydrogen-bond donors (Lipinski definition) is 0. The average molecular weight is 412 g/mol. The molecule has 6 nitrogen and oxygen atoms in total. The summed E-state index contributed by atoms with van der Waals surface area (Å²) in [5.41, 5.74) is 1.27. The van der Waals surface area contributed by atoms with Crippen molar-refractivity contribution in [3.05, 3.63) is 46.3 Å². The van der Waals surface area contributed by atoms with Gasteiger partial charge in [0, 0.05) is 36.0 Å². The minimum Gasteiger partial charge on any atom is -0.471 e. The van der Waals surface area contributed by atoms with Gasteiger partial charge in [0.1, 0.15) is 5.02 Å². The molecule has 1 aromatic heterocycles. The number of nitrogens with zero attached hydrogens (tertiary/aromatic N) is 3. The second-order valence-corrected chi connectivity index (χ2v) is 6.81. The van der Waals surface area contributed by atoms with Crippen LogP contribution in [-0.4, -0.2) is 47.9 Å². The largest absolute Gasteiger partial charge is 0.471 e. The van der Waals surface area contributed by atoms with Gasteiger partial charge in [-0.1, -0.05) is 25.4 Å². The second kappa shape index (κ2) is 9.54. The van der Waals surface area contributed by atoms with Gasteiger partial charge in [0.2, 0.25) is 5.88 Å². The summed E-state index contributed by atoms with van der Waals surface area (Å²) in [6.45, 7) is 6.34. The highest BCUT2D eigenvalue weighted by Crippen LogP contribution is 2.27. The number of carbonyl (C=O) groups is 2. The number of amides is 1. The summed E-state index contributed by atoms with van der Waals surface area (Å²) in [5, 5.41) is 0.0622. The molecule has 1 aliphatic rings. The molecule has 2 heterocycles. The SMILES string of the molecule is C=N/C=C\C1=C(C(=O)C(C)C)CN(Cc2cnc(OCC(F)F)c(Cl)c2)C1=O. The second-order valence-electron chi connectivity index (χ2n) is 6.40. The fourth-order valence-electron chi connectivity index (χ4n) is 2.65. The third-order valence-electron chi connectivity index (χ3n) is 3.94. The molecule has 0 unspecified atom stereocenters. The summed E-state index contributed by atoms with van der Waals surface area (Å²) in [7, 11) is 0. The lowest BCUT2D eigenvalue weighted by Gasteiger charge is -2.17. The summed E-state index contributed by atoms with van der Waals surface area (Å²) < 4.78 is 29.3. The maximum atomic E-state index is 12.7. The Labute approximate surface area is 166 Å². The maximum Gasteiger partial charge on any atom is 0.272 e. The zero-order valence-electron chi connectivity index (χ0n) is 15.5. The average Bonchev–Trinajstić information content (AvgIpc) is 2.94. The number of ketones is 1. The van der Waals surface area contributed by atoms with Crippen LogP contribution in [0.3, 0.4) is 0 Å². The van der Waals surface area contributed by atoms with E-state index in [-0.39, 0.29) is 47.2 Å². The molecule has 2 rings (SSSR count). The maximum absolute atomic E-state index is 12.7. The van der Waals surface area contributed by atoms with Crippen LogP contribution in [0.25, 0.3) is 0 Å². The molecular weight excluding hydrogens is 392 g/mol. The molecule has 150 valence electrons. The first-order valence-corrected chi connectivity index (χ1v) is 8.86. The van der Waals surface area contributed by atoms with Crippen molar-refractivity contribution >= 4 is 30.0 Å². The van der Waals surface area contributed by atoms with E-state index in [4.69, 9.17) is 16.3 Å². The van der Waals surface area contributed by atoms with E-state index in [1.165, 1.54) is 29.4 Å². The molecule has 0 N–H and O–H groups in total. The van der Waals surface area contributed by atoms with Crippen molar-refractivity contribution < 1.29 is 23.1 Å². The molecule has 0 radical (unpaired) electrons. The highest BCUT2D eigenvalue weighted by molar-refractivity contribution is 6.31. The molecule has 1 amide bonds. The van der Waals surface area contributed by atoms with Crippen molar-refractivity contribution in [1.82, 2.24) is 9.88 Å². The van der Waals surface area contributed by atoms with Crippen LogP contribution in [0.4, 0.5) is 8.78 Å². The number of rotatable bonds is 9. The fourth-order valence-corrected chi connectivity index (χ4v) is 2.90. The zero-order chi connectivity index (χ0) is 20.8. The van der Waals surface area contributed by atoms with Gasteiger partial charge in [-0.05, 0) is 24.4 Å². The Morgan fingerprint density at radius 1 is 1.50 bits per heavy atom. The van der Waals surface area contributed by atoms with Gasteiger partial charge in [-0.15, -0.1) is 0 Å². The number of alkyl halides is 2. The van der Waals surface area contributed by atoms with E-state index < -0.39 is 13.0 Å². The van der Waals surface area contributed by atoms with Crippen LogP contribution in [0.15, 0.2) is 40.7 Å². The molecule has 0 aromatic carbocycles. The molecule has 0 saturated heterocycles. The van der Waals surface area contributed by atoms with Gasteiger partial charge in [-0.25, -0.2) is 13.8 Å². The molecule has 1 aromatic rings. The van der Waals surface area contributed by atoms with Gasteiger partial charge in [-0.2, -0.15) is 0 Å². The summed E-state index contributed by atoms with van der Waals surface area (Å²) >= 11 is 6.02. The molecule has 9 heteroatoms. The van der Waals surface area contributed by atoms with Gasteiger partial charge in [0.25, 0.3) is 12.3 Å². The van der Waals surface area contributed by atoms with E-state index in [0.717, 1.165) is 0 Å². The van der Waals surface area contributed by atoms with Crippen LogP contribution < -0.4 is 4.74 Å². The molecule has 28 heavy (non-hydrogen) atoms. The van der Waals surface area contributed by atoms with Gasteiger partial charge in [0.15, 0.2) is 12.4 Å². The van der Waals surface area contributed by atoms with Crippen molar-refractivity contribution in [2.75, 3.05) is 13.2 Å². The Bertz CT molecular complexity index is 838. The molecule has 0 saturated carbocycles. The van der Waals surface area contributed by atoms with Gasteiger partial charge < -0.3 is 9.64 Å². The highest BCUT2D eigenvalue weighted by Gasteiger charge is 2.33. The monoisotopic (exact) mass is 411 g/mol. The smallest absolute Gasteiger partial charge is 0.272 e. The summed E-state index contributed by atoms with van der Waals surface area (Å²) in [4.78, 5) is 34.2. The standard InChI is InChI=1S/C19H20ClF2N3O3/c1-11(2)17(26)14-9-25(19(27)13(14)4-5-23-3)8-12-6-15(20)18(24-7-12)28-10-16(21)22/h4-7,11,16H,3,8-10H2,1-2H3/b5-4-. The Balaban J connectivity index is 2.18. The molecular formula is C19H20ClF2N3O3. The molecule has 0 aliphatic carbocycles. The van der Waals surface area contributed by atoms with Crippen LogP contribution in [-0.2, 0) is 16.1 Å². The molecule has 0 spiro atoms. The van der Waals surface area contributed by atoms with Crippen molar-refractivity contribution in [3.63, 3.8) is 0 Å². The van der Waals surface area contributed by atoms with Gasteiger partial charge in [0.05, 0.1) is 6.54 Å². The van der Waals surface area contributed by atoms with Crippen molar-refractivity contribution in [2.24, 2.45) is 10.9 Å². The number of aliphatic imine (C=N–C) groups is 1. The van der Waals surface area contributed by atoms with Crippen LogP contribution in [0, 0.1) is 5.92 Å². The van der Waals surface area contributed by atoms with Crippen LogP contribution in [0.2, 0.25) is 5.02 Å². The quantitative estimate of drug-likeness (QED) is 0.583. The number of carbonyl (C=O) groups excluding carboxylic acids is 2. The number of halogens is 3. The Morgan fingerprint density at radius 3 is 2.79 bits per heavy atom. The van der Waals surface area contributed by atoms with Gasteiger partial charge in [-0.3, -0.25) is 14.6 Å². The van der Waals surface area contributed by atoms with E-state index in [1.807, 2.05) is 0 Å². The van der Waals surface area contributed by atoms with Gasteiger partial charge >= 0.3 is 0 Å². The van der Waals surface area contributed by atoms with E-state index in [1.54, 1.807) is 13.8 Å². The van der Waals surface area contributed by atoms with Crippen molar-refractivity contribution in [3.8, 4) is 5.88 Å². The summed E-state index contributed by atoms with van der Waals surface area (Å²) in [6, 6.07) is 1.49. The van der Waals surface area contributed by atoms with E-state index in [2.05, 4.69) is 16.7 Å². The molecule has 0 fully saturated rings. The Hall–Kier alpha value is -2.61. The number of hydrogen-bond acceptors (Lipinski definition) is 5. The van der Waals surface area contributed by atoms with Crippen molar-refractivity contribution in [1.29, 1.82) is 0 Å². The number of ether oxygens (including phenoxy) is 1. The number of pyridine rings is 1. The topological polar surface area (TPSA) is 71.9 Å². The summed E-state index contributed by atoms with van der Waals surface area (Å²) in [6.07, 6.45) is 1.58. The lowest BCUT2D eigenvalue weighted by Crippen LogP contribution is -2.27. The van der Waals surface area contributed by atoms with Crippen LogP contribution in [0.1, 0.15) is 19.4 Å². The van der Waals surface area contributed by atoms with E-state index in [0.29, 0.717) is 11.1 Å². The third-order valence-corrected chi connectivity index (χ3v) is 4.21. The number of aromatic nitrogens is 1. The Morgan fingerprint density at radius 2 is 2.21 bits per heavy atom. The first-order chi connectivity index (χ1) is 13.2. The molecule has 0 bridgehead atoms. The lowest BCUT2D eigenvalue weighted by atomic mass is 9.98. The predicted molar refractivity (Wildman–Crippen MR) is 102 cm³/mol. The Kier molecular flexibility index (Phi) is 7.39.